The summed E-state index contributed by atoms with van der Waals surface area (Å²) in [6.45, 7) is 0.317. The lowest BCUT2D eigenvalue weighted by atomic mass is 10.1. The average molecular weight is 516 g/mol. The van der Waals surface area contributed by atoms with Crippen LogP contribution in [0, 0.1) is 11.8 Å². The Morgan fingerprint density at radius 3 is 2.62 bits per heavy atom. The molecule has 196 valence electrons. The molecule has 1 saturated heterocycles. The van der Waals surface area contributed by atoms with Crippen molar-refractivity contribution in [1.29, 1.82) is 0 Å². The van der Waals surface area contributed by atoms with Gasteiger partial charge in [0.1, 0.15) is 12.3 Å². The molecule has 2 N–H and O–H groups in total. The zero-order valence-electron chi connectivity index (χ0n) is 20.6. The first-order chi connectivity index (χ1) is 17.8. The SMILES string of the molecule is COC(=O)c1ccc(NCC#Cc2cc3c(NC4CCOCC4)cccc3n2CC(F)(F)F)c(OC)c1. The molecular weight excluding hydrogens is 487 g/mol. The summed E-state index contributed by atoms with van der Waals surface area (Å²) in [7, 11) is 2.76. The summed E-state index contributed by atoms with van der Waals surface area (Å²) >= 11 is 0. The summed E-state index contributed by atoms with van der Waals surface area (Å²) in [4.78, 5) is 11.7. The van der Waals surface area contributed by atoms with Gasteiger partial charge in [0.15, 0.2) is 0 Å². The first-order valence-electron chi connectivity index (χ1n) is 11.8. The number of nitrogens with one attached hydrogen (secondary N) is 2. The van der Waals surface area contributed by atoms with Gasteiger partial charge in [-0.15, -0.1) is 0 Å². The molecule has 1 aliphatic rings. The van der Waals surface area contributed by atoms with E-state index < -0.39 is 18.7 Å². The molecule has 0 saturated carbocycles. The van der Waals surface area contributed by atoms with E-state index in [9.17, 15) is 18.0 Å². The van der Waals surface area contributed by atoms with E-state index in [1.165, 1.54) is 24.9 Å². The predicted octanol–water partition coefficient (Wildman–Crippen LogP) is 5.05. The van der Waals surface area contributed by atoms with Gasteiger partial charge in [0.25, 0.3) is 0 Å². The molecule has 10 heteroatoms. The summed E-state index contributed by atoms with van der Waals surface area (Å²) < 4.78 is 57.0. The van der Waals surface area contributed by atoms with Crippen LogP contribution in [0.15, 0.2) is 42.5 Å². The minimum absolute atomic E-state index is 0.147. The predicted molar refractivity (Wildman–Crippen MR) is 135 cm³/mol. The van der Waals surface area contributed by atoms with E-state index in [0.29, 0.717) is 41.1 Å². The van der Waals surface area contributed by atoms with E-state index in [0.717, 1.165) is 18.5 Å². The molecule has 3 aromatic rings. The van der Waals surface area contributed by atoms with Crippen molar-refractivity contribution in [3.8, 4) is 17.6 Å². The molecule has 1 aromatic heterocycles. The number of alkyl halides is 3. The second-order valence-corrected chi connectivity index (χ2v) is 8.56. The number of aromatic nitrogens is 1. The van der Waals surface area contributed by atoms with Gasteiger partial charge >= 0.3 is 12.1 Å². The van der Waals surface area contributed by atoms with Gasteiger partial charge < -0.3 is 29.4 Å². The zero-order chi connectivity index (χ0) is 26.4. The quantitative estimate of drug-likeness (QED) is 0.339. The molecular formula is C27H28F3N3O4. The summed E-state index contributed by atoms with van der Waals surface area (Å²) in [6, 6.07) is 12.0. The van der Waals surface area contributed by atoms with Crippen LogP contribution in [0.5, 0.6) is 5.75 Å². The second kappa shape index (κ2) is 11.5. The minimum atomic E-state index is -4.40. The maximum atomic E-state index is 13.5. The van der Waals surface area contributed by atoms with E-state index in [2.05, 4.69) is 22.5 Å². The Morgan fingerprint density at radius 1 is 1.14 bits per heavy atom. The monoisotopic (exact) mass is 515 g/mol. The standard InChI is InChI=1S/C27H28F3N3O4/c1-35-25-15-18(26(34)36-2)8-9-23(25)31-12-4-5-20-16-21-22(32-19-10-13-37-14-11-19)6-3-7-24(21)33(20)17-27(28,29)30/h3,6-9,15-16,19,31-32H,10-14,17H2,1-2H3. The number of halogens is 3. The van der Waals surface area contributed by atoms with Crippen molar-refractivity contribution in [1.82, 2.24) is 4.57 Å². The number of esters is 1. The van der Waals surface area contributed by atoms with Crippen LogP contribution in [0.2, 0.25) is 0 Å². The summed E-state index contributed by atoms with van der Waals surface area (Å²) in [5, 5.41) is 7.23. The molecule has 4 rings (SSSR count). The fourth-order valence-electron chi connectivity index (χ4n) is 4.28. The molecule has 0 unspecified atom stereocenters. The van der Waals surface area contributed by atoms with Gasteiger partial charge in [-0.2, -0.15) is 13.2 Å². The number of hydrogen-bond donors (Lipinski definition) is 2. The Balaban J connectivity index is 1.58. The Labute approximate surface area is 212 Å². The maximum absolute atomic E-state index is 13.5. The van der Waals surface area contributed by atoms with Crippen LogP contribution < -0.4 is 15.4 Å². The zero-order valence-corrected chi connectivity index (χ0v) is 20.6. The highest BCUT2D eigenvalue weighted by Crippen LogP contribution is 2.31. The maximum Gasteiger partial charge on any atom is 0.406 e. The number of methoxy groups -OCH3 is 2. The van der Waals surface area contributed by atoms with Crippen LogP contribution in [-0.2, 0) is 16.0 Å². The Hall–Kier alpha value is -3.84. The second-order valence-electron chi connectivity index (χ2n) is 8.56. The van der Waals surface area contributed by atoms with E-state index in [1.54, 1.807) is 30.3 Å². The van der Waals surface area contributed by atoms with Crippen molar-refractivity contribution < 1.29 is 32.2 Å². The van der Waals surface area contributed by atoms with Crippen molar-refractivity contribution in [2.45, 2.75) is 31.6 Å². The largest absolute Gasteiger partial charge is 0.495 e. The fourth-order valence-corrected chi connectivity index (χ4v) is 4.28. The van der Waals surface area contributed by atoms with Crippen LogP contribution in [0.3, 0.4) is 0 Å². The molecule has 7 nitrogen and oxygen atoms in total. The van der Waals surface area contributed by atoms with Crippen LogP contribution in [0.25, 0.3) is 10.9 Å². The van der Waals surface area contributed by atoms with E-state index in [-0.39, 0.29) is 18.3 Å². The van der Waals surface area contributed by atoms with Gasteiger partial charge in [0.05, 0.1) is 43.2 Å². The number of anilines is 2. The highest BCUT2D eigenvalue weighted by atomic mass is 19.4. The molecule has 0 atom stereocenters. The molecule has 1 aliphatic heterocycles. The lowest BCUT2D eigenvalue weighted by Crippen LogP contribution is -2.27. The molecule has 0 amide bonds. The van der Waals surface area contributed by atoms with Gasteiger partial charge in [0.2, 0.25) is 0 Å². The third-order valence-corrected chi connectivity index (χ3v) is 6.07. The number of carbonyl (C=O) groups is 1. The van der Waals surface area contributed by atoms with Crippen molar-refractivity contribution in [2.75, 3.05) is 44.6 Å². The number of hydrogen-bond acceptors (Lipinski definition) is 6. The van der Waals surface area contributed by atoms with Crippen LogP contribution >= 0.6 is 0 Å². The smallest absolute Gasteiger partial charge is 0.406 e. The van der Waals surface area contributed by atoms with Gasteiger partial charge in [-0.1, -0.05) is 12.0 Å². The molecule has 37 heavy (non-hydrogen) atoms. The molecule has 1 fully saturated rings. The molecule has 2 heterocycles. The number of nitrogens with zero attached hydrogens (tertiary/aromatic N) is 1. The third-order valence-electron chi connectivity index (χ3n) is 6.07. The number of rotatable bonds is 7. The number of ether oxygens (including phenoxy) is 3. The normalized spacial score (nSPS) is 14.1. The van der Waals surface area contributed by atoms with E-state index in [1.807, 2.05) is 6.07 Å². The van der Waals surface area contributed by atoms with Crippen LogP contribution in [-0.4, -0.2) is 56.7 Å². The molecule has 0 radical (unpaired) electrons. The third kappa shape index (κ3) is 6.49. The first kappa shape index (κ1) is 26.2. The summed E-state index contributed by atoms with van der Waals surface area (Å²) in [5.41, 5.74) is 2.43. The van der Waals surface area contributed by atoms with Crippen molar-refractivity contribution in [3.63, 3.8) is 0 Å². The molecule has 0 bridgehead atoms. The van der Waals surface area contributed by atoms with Gasteiger partial charge in [-0.25, -0.2) is 4.79 Å². The Morgan fingerprint density at radius 2 is 1.92 bits per heavy atom. The minimum Gasteiger partial charge on any atom is -0.495 e. The topological polar surface area (TPSA) is 73.8 Å². The first-order valence-corrected chi connectivity index (χ1v) is 11.8. The van der Waals surface area contributed by atoms with Crippen LogP contribution in [0.1, 0.15) is 28.9 Å². The highest BCUT2D eigenvalue weighted by molar-refractivity contribution is 5.94. The van der Waals surface area contributed by atoms with Crippen molar-refractivity contribution in [3.05, 3.63) is 53.7 Å². The van der Waals surface area contributed by atoms with Crippen molar-refractivity contribution >= 4 is 28.2 Å². The van der Waals surface area contributed by atoms with Gasteiger partial charge in [-0.3, -0.25) is 0 Å². The Kier molecular flexibility index (Phi) is 8.14. The summed E-state index contributed by atoms with van der Waals surface area (Å²) in [6.07, 6.45) is -2.73. The number of carbonyl (C=O) groups excluding carboxylic acids is 1. The number of fused-ring (bicyclic) bond motifs is 1. The van der Waals surface area contributed by atoms with Gasteiger partial charge in [-0.05, 0) is 55.2 Å². The lowest BCUT2D eigenvalue weighted by Gasteiger charge is -2.24. The summed E-state index contributed by atoms with van der Waals surface area (Å²) in [5.74, 6) is 5.72. The highest BCUT2D eigenvalue weighted by Gasteiger charge is 2.30. The number of benzene rings is 2. The molecule has 2 aromatic carbocycles. The average Bonchev–Trinajstić information content (AvgIpc) is 3.23. The fraction of sp³-hybridized carbons (Fsp3) is 0.370. The lowest BCUT2D eigenvalue weighted by molar-refractivity contribution is -0.140. The Bertz CT molecular complexity index is 1320. The van der Waals surface area contributed by atoms with Gasteiger partial charge in [0, 0.05) is 30.3 Å². The van der Waals surface area contributed by atoms with E-state index >= 15 is 0 Å². The molecule has 0 spiro atoms. The van der Waals surface area contributed by atoms with Crippen LogP contribution in [0.4, 0.5) is 24.5 Å². The van der Waals surface area contributed by atoms with E-state index in [4.69, 9.17) is 14.2 Å². The molecule has 0 aliphatic carbocycles. The van der Waals surface area contributed by atoms with Crippen molar-refractivity contribution in [2.24, 2.45) is 0 Å².